The highest BCUT2D eigenvalue weighted by Crippen LogP contribution is 2.17. The summed E-state index contributed by atoms with van der Waals surface area (Å²) in [5, 5.41) is 0. The monoisotopic (exact) mass is 877 g/mol. The Bertz CT molecular complexity index is 920. The molecule has 0 saturated heterocycles. The van der Waals surface area contributed by atoms with E-state index >= 15 is 0 Å². The van der Waals surface area contributed by atoms with E-state index in [1.54, 1.807) is 0 Å². The third-order valence-corrected chi connectivity index (χ3v) is 12.9. The maximum absolute atomic E-state index is 12.8. The van der Waals surface area contributed by atoms with Crippen molar-refractivity contribution in [1.29, 1.82) is 0 Å². The topological polar surface area (TPSA) is 78.9 Å². The SMILES string of the molecule is CCCCCCCCCCCCCCCCCCCCCC(=O)OCC(COC(=O)CCCCCCCCC)OC(=O)CCCCCCCCCCCCCCCCCCCC. The zero-order valence-corrected chi connectivity index (χ0v) is 42.2. The molecule has 0 fully saturated rings. The molecule has 6 nitrogen and oxygen atoms in total. The van der Waals surface area contributed by atoms with Crippen LogP contribution in [0.25, 0.3) is 0 Å². The summed E-state index contributed by atoms with van der Waals surface area (Å²) in [5.41, 5.74) is 0. The quantitative estimate of drug-likeness (QED) is 0.0344. The predicted octanol–water partition coefficient (Wildman–Crippen LogP) is 18.4. The van der Waals surface area contributed by atoms with Gasteiger partial charge in [0.1, 0.15) is 13.2 Å². The third-order valence-electron chi connectivity index (χ3n) is 12.9. The van der Waals surface area contributed by atoms with Gasteiger partial charge in [-0.2, -0.15) is 0 Å². The minimum atomic E-state index is -0.759. The highest BCUT2D eigenvalue weighted by molar-refractivity contribution is 5.71. The van der Waals surface area contributed by atoms with Crippen molar-refractivity contribution in [2.75, 3.05) is 13.2 Å². The molecule has 0 N–H and O–H groups in total. The first kappa shape index (κ1) is 60.4. The number of carbonyl (C=O) groups is 3. The average Bonchev–Trinajstić information content (AvgIpc) is 3.27. The van der Waals surface area contributed by atoms with Gasteiger partial charge in [-0.05, 0) is 19.3 Å². The van der Waals surface area contributed by atoms with Crippen LogP contribution in [0.5, 0.6) is 0 Å². The van der Waals surface area contributed by atoms with Crippen molar-refractivity contribution < 1.29 is 28.6 Å². The van der Waals surface area contributed by atoms with Crippen LogP contribution in [0, 0.1) is 0 Å². The second kappa shape index (κ2) is 52.0. The van der Waals surface area contributed by atoms with E-state index in [2.05, 4.69) is 20.8 Å². The molecular weight excluding hydrogens is 769 g/mol. The average molecular weight is 877 g/mol. The van der Waals surface area contributed by atoms with E-state index < -0.39 is 6.10 Å². The Balaban J connectivity index is 4.14. The van der Waals surface area contributed by atoms with Gasteiger partial charge in [0.15, 0.2) is 6.10 Å². The normalized spacial score (nSPS) is 11.9. The summed E-state index contributed by atoms with van der Waals surface area (Å²) in [5.74, 6) is -0.844. The first-order valence-corrected chi connectivity index (χ1v) is 28.0. The molecule has 0 rings (SSSR count). The number of carbonyl (C=O) groups excluding carboxylic acids is 3. The number of esters is 3. The summed E-state index contributed by atoms with van der Waals surface area (Å²) >= 11 is 0. The van der Waals surface area contributed by atoms with E-state index in [0.29, 0.717) is 19.3 Å². The molecule has 0 spiro atoms. The molecule has 0 bridgehead atoms. The van der Waals surface area contributed by atoms with Crippen LogP contribution in [0.15, 0.2) is 0 Å². The van der Waals surface area contributed by atoms with E-state index in [1.807, 2.05) is 0 Å². The standard InChI is InChI=1S/C56H108O6/c1-4-7-10-13-16-18-20-22-24-26-28-30-31-33-35-37-40-43-46-49-55(58)61-52-53(51-60-54(57)48-45-42-39-15-12-9-6-3)62-56(59)50-47-44-41-38-36-34-32-29-27-25-23-21-19-17-14-11-8-5-2/h53H,4-52H2,1-3H3. The lowest BCUT2D eigenvalue weighted by Crippen LogP contribution is -2.30. The molecule has 1 unspecified atom stereocenters. The first-order valence-electron chi connectivity index (χ1n) is 28.0. The molecular formula is C56H108O6. The Hall–Kier alpha value is -1.59. The van der Waals surface area contributed by atoms with Crippen LogP contribution >= 0.6 is 0 Å². The number of unbranched alkanes of at least 4 members (excludes halogenated alkanes) is 41. The number of ether oxygens (including phenoxy) is 3. The van der Waals surface area contributed by atoms with Gasteiger partial charge in [0.25, 0.3) is 0 Å². The maximum atomic E-state index is 12.8. The molecule has 62 heavy (non-hydrogen) atoms. The van der Waals surface area contributed by atoms with Gasteiger partial charge >= 0.3 is 17.9 Å². The second-order valence-corrected chi connectivity index (χ2v) is 19.2. The molecule has 0 aromatic carbocycles. The predicted molar refractivity (Wildman–Crippen MR) is 266 cm³/mol. The fraction of sp³-hybridized carbons (Fsp3) is 0.946. The van der Waals surface area contributed by atoms with Gasteiger partial charge in [-0.1, -0.05) is 284 Å². The number of rotatable bonds is 52. The second-order valence-electron chi connectivity index (χ2n) is 19.2. The Morgan fingerprint density at radius 2 is 0.435 bits per heavy atom. The largest absolute Gasteiger partial charge is 0.462 e. The van der Waals surface area contributed by atoms with Gasteiger partial charge in [0.2, 0.25) is 0 Å². The van der Waals surface area contributed by atoms with Crippen LogP contribution in [0.1, 0.15) is 323 Å². The van der Waals surface area contributed by atoms with Crippen LogP contribution in [0.2, 0.25) is 0 Å². The van der Waals surface area contributed by atoms with E-state index in [0.717, 1.165) is 57.8 Å². The van der Waals surface area contributed by atoms with Crippen LogP contribution in [0.3, 0.4) is 0 Å². The molecule has 0 aromatic rings. The van der Waals surface area contributed by atoms with E-state index in [9.17, 15) is 14.4 Å². The van der Waals surface area contributed by atoms with Crippen LogP contribution in [-0.4, -0.2) is 37.2 Å². The fourth-order valence-electron chi connectivity index (χ4n) is 8.62. The van der Waals surface area contributed by atoms with E-state index in [1.165, 1.54) is 225 Å². The van der Waals surface area contributed by atoms with Crippen LogP contribution < -0.4 is 0 Å². The zero-order valence-electron chi connectivity index (χ0n) is 42.2. The molecule has 0 radical (unpaired) electrons. The molecule has 0 amide bonds. The summed E-state index contributed by atoms with van der Waals surface area (Å²) in [6.07, 6.45) is 56.8. The Morgan fingerprint density at radius 3 is 0.645 bits per heavy atom. The van der Waals surface area contributed by atoms with Crippen molar-refractivity contribution in [2.24, 2.45) is 0 Å². The van der Waals surface area contributed by atoms with Crippen molar-refractivity contribution in [3.8, 4) is 0 Å². The first-order chi connectivity index (χ1) is 30.5. The molecule has 6 heteroatoms. The molecule has 0 heterocycles. The molecule has 0 aliphatic carbocycles. The van der Waals surface area contributed by atoms with Gasteiger partial charge in [-0.25, -0.2) is 0 Å². The van der Waals surface area contributed by atoms with E-state index in [4.69, 9.17) is 14.2 Å². The van der Waals surface area contributed by atoms with E-state index in [-0.39, 0.29) is 31.1 Å². The van der Waals surface area contributed by atoms with Crippen LogP contribution in [-0.2, 0) is 28.6 Å². The summed E-state index contributed by atoms with van der Waals surface area (Å²) in [7, 11) is 0. The molecule has 0 aliphatic rings. The summed E-state index contributed by atoms with van der Waals surface area (Å²) < 4.78 is 16.8. The smallest absolute Gasteiger partial charge is 0.306 e. The lowest BCUT2D eigenvalue weighted by Gasteiger charge is -2.18. The van der Waals surface area contributed by atoms with Crippen molar-refractivity contribution in [3.05, 3.63) is 0 Å². The summed E-state index contributed by atoms with van der Waals surface area (Å²) in [6, 6.07) is 0. The lowest BCUT2D eigenvalue weighted by atomic mass is 10.0. The van der Waals surface area contributed by atoms with Gasteiger partial charge in [-0.15, -0.1) is 0 Å². The Labute approximate surface area is 387 Å². The Kier molecular flexibility index (Phi) is 50.7. The lowest BCUT2D eigenvalue weighted by molar-refractivity contribution is -0.167. The molecule has 368 valence electrons. The minimum absolute atomic E-state index is 0.0620. The van der Waals surface area contributed by atoms with Gasteiger partial charge in [0.05, 0.1) is 0 Å². The van der Waals surface area contributed by atoms with Crippen molar-refractivity contribution in [1.82, 2.24) is 0 Å². The summed E-state index contributed by atoms with van der Waals surface area (Å²) in [6.45, 7) is 6.66. The van der Waals surface area contributed by atoms with Crippen molar-refractivity contribution in [3.63, 3.8) is 0 Å². The number of hydrogen-bond donors (Lipinski definition) is 0. The zero-order chi connectivity index (χ0) is 45.1. The molecule has 0 saturated carbocycles. The van der Waals surface area contributed by atoms with Gasteiger partial charge < -0.3 is 14.2 Å². The molecule has 1 atom stereocenters. The van der Waals surface area contributed by atoms with Crippen molar-refractivity contribution in [2.45, 2.75) is 329 Å². The van der Waals surface area contributed by atoms with Crippen LogP contribution in [0.4, 0.5) is 0 Å². The summed E-state index contributed by atoms with van der Waals surface area (Å²) in [4.78, 5) is 37.9. The fourth-order valence-corrected chi connectivity index (χ4v) is 8.62. The maximum Gasteiger partial charge on any atom is 0.306 e. The minimum Gasteiger partial charge on any atom is -0.462 e. The highest BCUT2D eigenvalue weighted by atomic mass is 16.6. The van der Waals surface area contributed by atoms with Crippen molar-refractivity contribution >= 4 is 17.9 Å². The third kappa shape index (κ3) is 49.4. The van der Waals surface area contributed by atoms with Gasteiger partial charge in [-0.3, -0.25) is 14.4 Å². The molecule has 0 aliphatic heterocycles. The number of hydrogen-bond acceptors (Lipinski definition) is 6. The Morgan fingerprint density at radius 1 is 0.258 bits per heavy atom. The highest BCUT2D eigenvalue weighted by Gasteiger charge is 2.19. The molecule has 0 aromatic heterocycles. The van der Waals surface area contributed by atoms with Gasteiger partial charge in [0, 0.05) is 19.3 Å².